The topological polar surface area (TPSA) is 109 Å². The summed E-state index contributed by atoms with van der Waals surface area (Å²) < 4.78 is 19.2. The average molecular weight is 599 g/mol. The number of methoxy groups -OCH3 is 1. The number of thiazole rings is 1. The number of rotatable bonds is 7. The predicted molar refractivity (Wildman–Crippen MR) is 160 cm³/mol. The van der Waals surface area contributed by atoms with E-state index >= 15 is 0 Å². The highest BCUT2D eigenvalue weighted by atomic mass is 32.2. The van der Waals surface area contributed by atoms with E-state index in [9.17, 15) is 9.59 Å². The van der Waals surface area contributed by atoms with Gasteiger partial charge in [0.05, 0.1) is 29.5 Å². The minimum Gasteiger partial charge on any atom is -0.496 e. The monoisotopic (exact) mass is 598 g/mol. The van der Waals surface area contributed by atoms with Gasteiger partial charge in [-0.1, -0.05) is 41.7 Å². The number of nitrogens with zero attached hydrogens (tertiary/aromatic N) is 4. The fourth-order valence-corrected chi connectivity index (χ4v) is 6.75. The summed E-state index contributed by atoms with van der Waals surface area (Å²) in [5.41, 5.74) is 2.02. The van der Waals surface area contributed by atoms with Gasteiger partial charge in [-0.15, -0.1) is 0 Å². The number of furan rings is 1. The van der Waals surface area contributed by atoms with Crippen LogP contribution in [0.4, 0.5) is 0 Å². The maximum atomic E-state index is 14.1. The number of hydrogen-bond acceptors (Lipinski definition) is 10. The molecule has 2 aromatic carbocycles. The molecule has 0 spiro atoms. The van der Waals surface area contributed by atoms with Crippen molar-refractivity contribution in [3.05, 3.63) is 109 Å². The number of hydrogen-bond donors (Lipinski definition) is 0. The Bertz CT molecular complexity index is 2060. The quantitative estimate of drug-likeness (QED) is 0.194. The van der Waals surface area contributed by atoms with Crippen molar-refractivity contribution in [3.8, 4) is 5.75 Å². The summed E-state index contributed by atoms with van der Waals surface area (Å²) in [6.07, 6.45) is 3.38. The van der Waals surface area contributed by atoms with Crippen molar-refractivity contribution in [1.82, 2.24) is 14.5 Å². The Morgan fingerprint density at radius 1 is 1.14 bits per heavy atom. The van der Waals surface area contributed by atoms with Gasteiger partial charge in [0.15, 0.2) is 15.1 Å². The molecule has 1 aliphatic heterocycles. The first-order valence-corrected chi connectivity index (χ1v) is 14.8. The number of benzene rings is 2. The molecule has 11 heteroatoms. The van der Waals surface area contributed by atoms with Crippen LogP contribution in [0.15, 0.2) is 96.5 Å². The molecule has 212 valence electrons. The molecule has 1 atom stereocenters. The van der Waals surface area contributed by atoms with E-state index in [1.54, 1.807) is 43.9 Å². The Kier molecular flexibility index (Phi) is 7.53. The van der Waals surface area contributed by atoms with Gasteiger partial charge in [-0.2, -0.15) is 0 Å². The largest absolute Gasteiger partial charge is 0.496 e. The molecule has 0 saturated carbocycles. The van der Waals surface area contributed by atoms with E-state index in [-0.39, 0.29) is 12.2 Å². The van der Waals surface area contributed by atoms with Crippen LogP contribution in [0.25, 0.3) is 16.8 Å². The molecule has 6 rings (SSSR count). The molecule has 0 radical (unpaired) electrons. The summed E-state index contributed by atoms with van der Waals surface area (Å²) in [6, 6.07) is 16.2. The first kappa shape index (κ1) is 27.7. The van der Waals surface area contributed by atoms with Crippen LogP contribution in [0.2, 0.25) is 0 Å². The van der Waals surface area contributed by atoms with Crippen molar-refractivity contribution < 1.29 is 18.7 Å². The molecular weight excluding hydrogens is 572 g/mol. The van der Waals surface area contributed by atoms with Gasteiger partial charge in [0.2, 0.25) is 0 Å². The third kappa shape index (κ3) is 5.05. The highest BCUT2D eigenvalue weighted by Gasteiger charge is 2.36. The van der Waals surface area contributed by atoms with Gasteiger partial charge in [0.1, 0.15) is 17.6 Å². The number of carbonyl (C=O) groups is 1. The number of ether oxygens (including phenoxy) is 2. The SMILES string of the molecule is CCOC(=O)C1=C(C)N=c2s/c(=C/c3ccc(Sc4nccc(C)n4)o3)c(=O)n2[C@@H]1c1c(OC)ccc2ccccc12. The van der Waals surface area contributed by atoms with Gasteiger partial charge in [-0.3, -0.25) is 9.36 Å². The van der Waals surface area contributed by atoms with Gasteiger partial charge in [0.25, 0.3) is 5.56 Å². The van der Waals surface area contributed by atoms with Crippen molar-refractivity contribution >= 4 is 45.9 Å². The number of fused-ring (bicyclic) bond motifs is 2. The molecule has 0 unspecified atom stereocenters. The third-order valence-corrected chi connectivity index (χ3v) is 8.56. The second kappa shape index (κ2) is 11.4. The summed E-state index contributed by atoms with van der Waals surface area (Å²) in [4.78, 5) is 41.3. The first-order chi connectivity index (χ1) is 20.4. The van der Waals surface area contributed by atoms with Crippen LogP contribution in [0.1, 0.15) is 36.9 Å². The number of carbonyl (C=O) groups excluding carboxylic acids is 1. The molecule has 0 N–H and O–H groups in total. The smallest absolute Gasteiger partial charge is 0.338 e. The molecular formula is C31H26N4O5S2. The second-order valence-corrected chi connectivity index (χ2v) is 11.4. The van der Waals surface area contributed by atoms with Crippen molar-refractivity contribution in [2.45, 2.75) is 37.1 Å². The lowest BCUT2D eigenvalue weighted by Gasteiger charge is -2.27. The maximum Gasteiger partial charge on any atom is 0.338 e. The fraction of sp³-hybridized carbons (Fsp3) is 0.194. The Labute approximate surface area is 248 Å². The molecule has 0 bridgehead atoms. The summed E-state index contributed by atoms with van der Waals surface area (Å²) in [6.45, 7) is 5.59. The van der Waals surface area contributed by atoms with Gasteiger partial charge < -0.3 is 13.9 Å². The highest BCUT2D eigenvalue weighted by molar-refractivity contribution is 7.99. The van der Waals surface area contributed by atoms with E-state index < -0.39 is 12.0 Å². The minimum atomic E-state index is -0.815. The van der Waals surface area contributed by atoms with Crippen LogP contribution in [0.3, 0.4) is 0 Å². The average Bonchev–Trinajstić information content (AvgIpc) is 3.54. The van der Waals surface area contributed by atoms with E-state index in [1.165, 1.54) is 23.1 Å². The van der Waals surface area contributed by atoms with E-state index in [0.717, 1.165) is 16.5 Å². The lowest BCUT2D eigenvalue weighted by molar-refractivity contribution is -0.139. The van der Waals surface area contributed by atoms with E-state index in [1.807, 2.05) is 55.5 Å². The minimum absolute atomic E-state index is 0.186. The van der Waals surface area contributed by atoms with Gasteiger partial charge in [0, 0.05) is 23.5 Å². The lowest BCUT2D eigenvalue weighted by atomic mass is 9.90. The normalized spacial score (nSPS) is 15.0. The van der Waals surface area contributed by atoms with E-state index in [0.29, 0.717) is 47.9 Å². The zero-order valence-electron chi connectivity index (χ0n) is 23.3. The highest BCUT2D eigenvalue weighted by Crippen LogP contribution is 2.40. The summed E-state index contributed by atoms with van der Waals surface area (Å²) in [5.74, 6) is 0.519. The predicted octanol–water partition coefficient (Wildman–Crippen LogP) is 4.80. The Morgan fingerprint density at radius 2 is 1.98 bits per heavy atom. The zero-order valence-corrected chi connectivity index (χ0v) is 24.9. The van der Waals surface area contributed by atoms with E-state index in [4.69, 9.17) is 13.9 Å². The molecule has 0 fully saturated rings. The van der Waals surface area contributed by atoms with Crippen molar-refractivity contribution in [2.75, 3.05) is 13.7 Å². The Morgan fingerprint density at radius 3 is 2.76 bits per heavy atom. The molecule has 0 saturated heterocycles. The number of aryl methyl sites for hydroxylation is 1. The fourth-order valence-electron chi connectivity index (χ4n) is 4.96. The van der Waals surface area contributed by atoms with Crippen LogP contribution in [-0.2, 0) is 9.53 Å². The Hall–Kier alpha value is -4.48. The molecule has 9 nitrogen and oxygen atoms in total. The molecule has 0 aliphatic carbocycles. The molecule has 5 aromatic rings. The van der Waals surface area contributed by atoms with Crippen molar-refractivity contribution in [2.24, 2.45) is 4.99 Å². The van der Waals surface area contributed by atoms with Gasteiger partial charge >= 0.3 is 5.97 Å². The lowest BCUT2D eigenvalue weighted by Crippen LogP contribution is -2.40. The van der Waals surface area contributed by atoms with Gasteiger partial charge in [-0.05, 0) is 67.6 Å². The molecule has 4 heterocycles. The van der Waals surface area contributed by atoms with Crippen LogP contribution in [0, 0.1) is 6.92 Å². The summed E-state index contributed by atoms with van der Waals surface area (Å²) in [7, 11) is 1.58. The standard InChI is InChI=1S/C31H26N4O5S2/c1-5-39-29(37)25-18(3)34-31-35(27(25)26-21-9-7-6-8-19(21)10-12-22(26)38-4)28(36)23(41-31)16-20-11-13-24(40-20)42-30-32-15-14-17(2)33-30/h6-16,27H,5H2,1-4H3/b23-16+/t27-/m0/s1. The molecule has 42 heavy (non-hydrogen) atoms. The number of esters is 1. The molecule has 1 aliphatic rings. The number of aromatic nitrogens is 3. The molecule has 3 aromatic heterocycles. The number of allylic oxidation sites excluding steroid dienone is 1. The van der Waals surface area contributed by atoms with Crippen molar-refractivity contribution in [1.29, 1.82) is 0 Å². The van der Waals surface area contributed by atoms with Gasteiger partial charge in [-0.25, -0.2) is 19.8 Å². The van der Waals surface area contributed by atoms with Crippen LogP contribution < -0.4 is 19.6 Å². The van der Waals surface area contributed by atoms with Crippen LogP contribution >= 0.6 is 23.1 Å². The van der Waals surface area contributed by atoms with Crippen LogP contribution in [-0.4, -0.2) is 34.2 Å². The summed E-state index contributed by atoms with van der Waals surface area (Å²) >= 11 is 2.53. The zero-order chi connectivity index (χ0) is 29.4. The van der Waals surface area contributed by atoms with Crippen LogP contribution in [0.5, 0.6) is 5.75 Å². The maximum absolute atomic E-state index is 14.1. The second-order valence-electron chi connectivity index (χ2n) is 9.44. The Balaban J connectivity index is 1.52. The first-order valence-electron chi connectivity index (χ1n) is 13.2. The summed E-state index contributed by atoms with van der Waals surface area (Å²) in [5, 5.41) is 2.98. The molecule has 0 amide bonds. The van der Waals surface area contributed by atoms with Crippen molar-refractivity contribution in [3.63, 3.8) is 0 Å². The van der Waals surface area contributed by atoms with E-state index in [2.05, 4.69) is 15.0 Å². The third-order valence-electron chi connectivity index (χ3n) is 6.78.